The number of carbonyl (C=O) groups is 1. The van der Waals surface area contributed by atoms with Gasteiger partial charge in [0.1, 0.15) is 17.7 Å². The van der Waals surface area contributed by atoms with Gasteiger partial charge in [-0.15, -0.1) is 0 Å². The number of benzene rings is 3. The lowest BCUT2D eigenvalue weighted by Crippen LogP contribution is -2.15. The number of hydrogen-bond acceptors (Lipinski definition) is 5. The average Bonchev–Trinajstić information content (AvgIpc) is 2.72. The molecule has 0 aliphatic carbocycles. The number of hydrogen-bond donors (Lipinski definition) is 1. The van der Waals surface area contributed by atoms with Gasteiger partial charge in [-0.25, -0.2) is 0 Å². The van der Waals surface area contributed by atoms with Crippen LogP contribution in [0.4, 0.5) is 5.69 Å². The molecule has 2 N–H and O–H groups in total. The number of primary amides is 1. The molecule has 1 amide bonds. The van der Waals surface area contributed by atoms with Crippen molar-refractivity contribution in [1.29, 1.82) is 0 Å². The maximum atomic E-state index is 11.9. The monoisotopic (exact) mass is 378 g/mol. The smallest absolute Gasteiger partial charge is 0.293 e. The number of nitrogens with two attached hydrogens (primary N) is 1. The van der Waals surface area contributed by atoms with Crippen LogP contribution < -0.4 is 15.2 Å². The second-order valence-electron chi connectivity index (χ2n) is 5.94. The summed E-state index contributed by atoms with van der Waals surface area (Å²) in [6.07, 6.45) is 0. The molecule has 0 spiro atoms. The maximum Gasteiger partial charge on any atom is 0.293 e. The number of methoxy groups -OCH3 is 1. The highest BCUT2D eigenvalue weighted by Crippen LogP contribution is 2.46. The lowest BCUT2D eigenvalue weighted by Gasteiger charge is -2.17. The minimum atomic E-state index is -0.920. The summed E-state index contributed by atoms with van der Waals surface area (Å²) in [4.78, 5) is 23.1. The van der Waals surface area contributed by atoms with E-state index < -0.39 is 16.5 Å². The van der Waals surface area contributed by atoms with Gasteiger partial charge in [0.15, 0.2) is 11.5 Å². The van der Waals surface area contributed by atoms with Crippen LogP contribution in [-0.2, 0) is 6.61 Å². The minimum Gasteiger partial charge on any atom is -0.493 e. The van der Waals surface area contributed by atoms with E-state index in [1.165, 1.54) is 13.2 Å². The molecule has 0 aliphatic heterocycles. The number of ether oxygens (including phenoxy) is 2. The number of nitro groups is 1. The van der Waals surface area contributed by atoms with Gasteiger partial charge in [0.05, 0.1) is 12.0 Å². The van der Waals surface area contributed by atoms with E-state index in [9.17, 15) is 14.9 Å². The fourth-order valence-corrected chi connectivity index (χ4v) is 2.91. The molecule has 28 heavy (non-hydrogen) atoms. The van der Waals surface area contributed by atoms with Crippen molar-refractivity contribution in [3.05, 3.63) is 88.0 Å². The summed E-state index contributed by atoms with van der Waals surface area (Å²) < 4.78 is 11.3. The van der Waals surface area contributed by atoms with Crippen molar-refractivity contribution in [2.45, 2.75) is 6.61 Å². The molecule has 0 aromatic heterocycles. The fourth-order valence-electron chi connectivity index (χ4n) is 2.91. The summed E-state index contributed by atoms with van der Waals surface area (Å²) in [5.74, 6) is -0.555. The first kappa shape index (κ1) is 18.9. The van der Waals surface area contributed by atoms with Gasteiger partial charge in [0, 0.05) is 6.07 Å². The average molecular weight is 378 g/mol. The second-order valence-corrected chi connectivity index (χ2v) is 5.94. The lowest BCUT2D eigenvalue weighted by atomic mass is 9.97. The third kappa shape index (κ3) is 3.78. The van der Waals surface area contributed by atoms with Crippen LogP contribution in [0.1, 0.15) is 15.9 Å². The Kier molecular flexibility index (Phi) is 5.55. The molecule has 0 bridgehead atoms. The standard InChI is InChI=1S/C21H18N2O5/c1-27-17-12-16(21(22)24)19(23(25)26)18(15-10-6-3-7-11-15)20(17)28-13-14-8-4-2-5-9-14/h2-12H,13H2,1H3,(H2,22,24). The fraction of sp³-hybridized carbons (Fsp3) is 0.0952. The molecule has 142 valence electrons. The molecule has 7 heteroatoms. The topological polar surface area (TPSA) is 105 Å². The normalized spacial score (nSPS) is 10.3. The predicted octanol–water partition coefficient (Wildman–Crippen LogP) is 3.95. The highest BCUT2D eigenvalue weighted by Gasteiger charge is 2.31. The summed E-state index contributed by atoms with van der Waals surface area (Å²) in [6, 6.07) is 19.3. The van der Waals surface area contributed by atoms with Gasteiger partial charge < -0.3 is 15.2 Å². The van der Waals surface area contributed by atoms with Gasteiger partial charge in [0.25, 0.3) is 11.6 Å². The van der Waals surface area contributed by atoms with Gasteiger partial charge in [0.2, 0.25) is 0 Å². The van der Waals surface area contributed by atoms with Crippen molar-refractivity contribution in [1.82, 2.24) is 0 Å². The van der Waals surface area contributed by atoms with Crippen LogP contribution in [-0.4, -0.2) is 17.9 Å². The van der Waals surface area contributed by atoms with Gasteiger partial charge in [-0.3, -0.25) is 14.9 Å². The minimum absolute atomic E-state index is 0.148. The summed E-state index contributed by atoms with van der Waals surface area (Å²) in [5, 5.41) is 11.8. The molecule has 0 aliphatic rings. The Labute approximate surface area is 161 Å². The molecular formula is C21H18N2O5. The van der Waals surface area contributed by atoms with E-state index in [0.717, 1.165) is 5.56 Å². The molecule has 0 radical (unpaired) electrons. The molecule has 0 unspecified atom stereocenters. The van der Waals surface area contributed by atoms with Gasteiger partial charge in [-0.2, -0.15) is 0 Å². The first-order chi connectivity index (χ1) is 13.5. The van der Waals surface area contributed by atoms with Gasteiger partial charge in [-0.05, 0) is 11.1 Å². The van der Waals surface area contributed by atoms with Crippen molar-refractivity contribution in [3.8, 4) is 22.6 Å². The molecule has 3 aromatic rings. The number of nitrogens with zero attached hydrogens (tertiary/aromatic N) is 1. The van der Waals surface area contributed by atoms with Crippen LogP contribution in [0.3, 0.4) is 0 Å². The summed E-state index contributed by atoms with van der Waals surface area (Å²) in [7, 11) is 1.40. The Balaban J connectivity index is 2.24. The largest absolute Gasteiger partial charge is 0.493 e. The van der Waals surface area contributed by atoms with E-state index in [1.807, 2.05) is 30.3 Å². The highest BCUT2D eigenvalue weighted by atomic mass is 16.6. The van der Waals surface area contributed by atoms with E-state index in [2.05, 4.69) is 0 Å². The molecule has 0 atom stereocenters. The summed E-state index contributed by atoms with van der Waals surface area (Å²) in [6.45, 7) is 0.171. The zero-order valence-electron chi connectivity index (χ0n) is 15.1. The number of carbonyl (C=O) groups excluding carboxylic acids is 1. The number of nitro benzene ring substituents is 1. The van der Waals surface area contributed by atoms with Crippen LogP contribution in [0.5, 0.6) is 11.5 Å². The molecule has 7 nitrogen and oxygen atoms in total. The summed E-state index contributed by atoms with van der Waals surface area (Å²) >= 11 is 0. The van der Waals surface area contributed by atoms with Crippen LogP contribution in [0.15, 0.2) is 66.7 Å². The second kappa shape index (κ2) is 8.22. The maximum absolute atomic E-state index is 11.9. The van der Waals surface area contributed by atoms with Gasteiger partial charge in [-0.1, -0.05) is 60.7 Å². The number of rotatable bonds is 7. The quantitative estimate of drug-likeness (QED) is 0.495. The van der Waals surface area contributed by atoms with Crippen LogP contribution in [0.2, 0.25) is 0 Å². The Morgan fingerprint density at radius 2 is 1.68 bits per heavy atom. The summed E-state index contributed by atoms with van der Waals surface area (Å²) in [5.41, 5.74) is 6.28. The van der Waals surface area contributed by atoms with E-state index in [1.54, 1.807) is 30.3 Å². The van der Waals surface area contributed by atoms with E-state index in [-0.39, 0.29) is 29.2 Å². The third-order valence-electron chi connectivity index (χ3n) is 4.17. The molecule has 0 saturated heterocycles. The van der Waals surface area contributed by atoms with Crippen LogP contribution in [0.25, 0.3) is 11.1 Å². The van der Waals surface area contributed by atoms with Crippen LogP contribution >= 0.6 is 0 Å². The van der Waals surface area contributed by atoms with Crippen LogP contribution in [0, 0.1) is 10.1 Å². The Hall–Kier alpha value is -3.87. The molecular weight excluding hydrogens is 360 g/mol. The van der Waals surface area contributed by atoms with Gasteiger partial charge >= 0.3 is 0 Å². The zero-order valence-corrected chi connectivity index (χ0v) is 15.1. The Morgan fingerprint density at radius 1 is 1.07 bits per heavy atom. The SMILES string of the molecule is COc1cc(C(N)=O)c([N+](=O)[O-])c(-c2ccccc2)c1OCc1ccccc1. The first-order valence-corrected chi connectivity index (χ1v) is 8.44. The van der Waals surface area contributed by atoms with E-state index >= 15 is 0 Å². The first-order valence-electron chi connectivity index (χ1n) is 8.44. The number of amides is 1. The molecule has 0 fully saturated rings. The van der Waals surface area contributed by atoms with Crippen molar-refractivity contribution in [2.75, 3.05) is 7.11 Å². The molecule has 3 aromatic carbocycles. The Bertz CT molecular complexity index is 1000. The van der Waals surface area contributed by atoms with Crippen molar-refractivity contribution in [2.24, 2.45) is 5.73 Å². The predicted molar refractivity (Wildman–Crippen MR) is 104 cm³/mol. The molecule has 0 heterocycles. The van der Waals surface area contributed by atoms with E-state index in [0.29, 0.717) is 5.56 Å². The zero-order chi connectivity index (χ0) is 20.1. The lowest BCUT2D eigenvalue weighted by molar-refractivity contribution is -0.384. The molecule has 3 rings (SSSR count). The van der Waals surface area contributed by atoms with E-state index in [4.69, 9.17) is 15.2 Å². The third-order valence-corrected chi connectivity index (χ3v) is 4.17. The van der Waals surface area contributed by atoms with Crippen molar-refractivity contribution < 1.29 is 19.2 Å². The van der Waals surface area contributed by atoms with Crippen molar-refractivity contribution in [3.63, 3.8) is 0 Å². The Morgan fingerprint density at radius 3 is 2.21 bits per heavy atom. The highest BCUT2D eigenvalue weighted by molar-refractivity contribution is 6.02. The molecule has 0 saturated carbocycles. The van der Waals surface area contributed by atoms with Crippen molar-refractivity contribution >= 4 is 11.6 Å².